The van der Waals surface area contributed by atoms with Crippen LogP contribution in [-0.4, -0.2) is 22.5 Å². The molecule has 4 nitrogen and oxygen atoms in total. The summed E-state index contributed by atoms with van der Waals surface area (Å²) in [6.45, 7) is 0.308. The minimum Gasteiger partial charge on any atom is -0.378 e. The van der Waals surface area contributed by atoms with Crippen LogP contribution in [0.15, 0.2) is 54.6 Å². The molecule has 0 aliphatic heterocycles. The van der Waals surface area contributed by atoms with Gasteiger partial charge in [0.05, 0.1) is 5.75 Å². The molecule has 0 saturated heterocycles. The minimum atomic E-state index is -3.32. The Morgan fingerprint density at radius 2 is 1.52 bits per heavy atom. The normalized spacial score (nSPS) is 11.3. The summed E-state index contributed by atoms with van der Waals surface area (Å²) < 4.78 is 26.7. The average molecular weight is 304 g/mol. The van der Waals surface area contributed by atoms with Gasteiger partial charge in [0, 0.05) is 26.3 Å². The fourth-order valence-corrected chi connectivity index (χ4v) is 3.07. The molecule has 0 amide bonds. The Hall–Kier alpha value is -1.85. The zero-order valence-electron chi connectivity index (χ0n) is 12.3. The summed E-state index contributed by atoms with van der Waals surface area (Å²) in [7, 11) is 0.620. The highest BCUT2D eigenvalue weighted by atomic mass is 32.2. The van der Waals surface area contributed by atoms with Crippen molar-refractivity contribution in [1.82, 2.24) is 4.72 Å². The topological polar surface area (TPSA) is 49.4 Å². The number of anilines is 1. The molecule has 0 atom stereocenters. The summed E-state index contributed by atoms with van der Waals surface area (Å²) in [4.78, 5) is 2.00. The van der Waals surface area contributed by atoms with Crippen molar-refractivity contribution in [3.05, 3.63) is 65.7 Å². The molecule has 2 aromatic rings. The predicted molar refractivity (Wildman–Crippen MR) is 86.7 cm³/mol. The Labute approximate surface area is 126 Å². The minimum absolute atomic E-state index is 0.00359. The van der Waals surface area contributed by atoms with Crippen molar-refractivity contribution >= 4 is 15.7 Å². The largest absolute Gasteiger partial charge is 0.378 e. The van der Waals surface area contributed by atoms with Crippen LogP contribution in [0.3, 0.4) is 0 Å². The van der Waals surface area contributed by atoms with Gasteiger partial charge in [-0.25, -0.2) is 13.1 Å². The lowest BCUT2D eigenvalue weighted by atomic mass is 10.2. The molecule has 0 radical (unpaired) electrons. The van der Waals surface area contributed by atoms with E-state index in [1.807, 2.05) is 73.6 Å². The number of nitrogens with one attached hydrogen (secondary N) is 1. The Bertz CT molecular complexity index is 665. The quantitative estimate of drug-likeness (QED) is 0.891. The molecule has 0 unspecified atom stereocenters. The first-order valence-electron chi connectivity index (χ1n) is 6.74. The summed E-state index contributed by atoms with van der Waals surface area (Å²) in [5.41, 5.74) is 2.82. The third kappa shape index (κ3) is 4.88. The lowest BCUT2D eigenvalue weighted by Gasteiger charge is -2.13. The summed E-state index contributed by atoms with van der Waals surface area (Å²) in [6, 6.07) is 17.0. The number of hydrogen-bond acceptors (Lipinski definition) is 3. The van der Waals surface area contributed by atoms with Crippen LogP contribution in [0.25, 0.3) is 0 Å². The highest BCUT2D eigenvalue weighted by molar-refractivity contribution is 7.88. The van der Waals surface area contributed by atoms with Crippen LogP contribution in [0.1, 0.15) is 11.1 Å². The molecule has 2 aromatic carbocycles. The maximum atomic E-state index is 12.0. The highest BCUT2D eigenvalue weighted by Gasteiger charge is 2.10. The SMILES string of the molecule is CN(C)c1ccc(CNS(=O)(=O)Cc2ccccc2)cc1. The van der Waals surface area contributed by atoms with Gasteiger partial charge in [-0.1, -0.05) is 42.5 Å². The van der Waals surface area contributed by atoms with E-state index < -0.39 is 10.0 Å². The van der Waals surface area contributed by atoms with Gasteiger partial charge in [-0.05, 0) is 23.3 Å². The van der Waals surface area contributed by atoms with Gasteiger partial charge in [0.2, 0.25) is 10.0 Å². The van der Waals surface area contributed by atoms with Crippen LogP contribution in [0, 0.1) is 0 Å². The van der Waals surface area contributed by atoms with Crippen LogP contribution < -0.4 is 9.62 Å². The van der Waals surface area contributed by atoms with E-state index in [0.29, 0.717) is 6.54 Å². The molecule has 1 N–H and O–H groups in total. The van der Waals surface area contributed by atoms with Crippen molar-refractivity contribution in [1.29, 1.82) is 0 Å². The van der Waals surface area contributed by atoms with Gasteiger partial charge >= 0.3 is 0 Å². The smallest absolute Gasteiger partial charge is 0.216 e. The second-order valence-corrected chi connectivity index (χ2v) is 6.93. The second kappa shape index (κ2) is 6.74. The summed E-state index contributed by atoms with van der Waals surface area (Å²) in [5.74, 6) is 0.00359. The maximum Gasteiger partial charge on any atom is 0.216 e. The average Bonchev–Trinajstić information content (AvgIpc) is 2.46. The number of sulfonamides is 1. The molecule has 5 heteroatoms. The Balaban J connectivity index is 1.95. The van der Waals surface area contributed by atoms with Crippen molar-refractivity contribution < 1.29 is 8.42 Å². The van der Waals surface area contributed by atoms with Gasteiger partial charge < -0.3 is 4.90 Å². The van der Waals surface area contributed by atoms with Gasteiger partial charge in [-0.15, -0.1) is 0 Å². The molecule has 0 aliphatic carbocycles. The highest BCUT2D eigenvalue weighted by Crippen LogP contribution is 2.12. The Morgan fingerprint density at radius 3 is 2.10 bits per heavy atom. The second-order valence-electron chi connectivity index (χ2n) is 5.13. The van der Waals surface area contributed by atoms with Crippen molar-refractivity contribution in [3.8, 4) is 0 Å². The molecule has 0 saturated carbocycles. The zero-order valence-corrected chi connectivity index (χ0v) is 13.1. The fourth-order valence-electron chi connectivity index (χ4n) is 1.95. The van der Waals surface area contributed by atoms with Gasteiger partial charge in [0.15, 0.2) is 0 Å². The first-order valence-corrected chi connectivity index (χ1v) is 8.39. The molecule has 0 fully saturated rings. The monoisotopic (exact) mass is 304 g/mol. The van der Waals surface area contributed by atoms with Crippen LogP contribution in [0.2, 0.25) is 0 Å². The van der Waals surface area contributed by atoms with E-state index in [-0.39, 0.29) is 5.75 Å². The van der Waals surface area contributed by atoms with E-state index in [2.05, 4.69) is 4.72 Å². The van der Waals surface area contributed by atoms with Gasteiger partial charge in [0.25, 0.3) is 0 Å². The third-order valence-electron chi connectivity index (χ3n) is 3.15. The van der Waals surface area contributed by atoms with Gasteiger partial charge in [0.1, 0.15) is 0 Å². The van der Waals surface area contributed by atoms with E-state index in [0.717, 1.165) is 16.8 Å². The van der Waals surface area contributed by atoms with E-state index >= 15 is 0 Å². The first-order chi connectivity index (χ1) is 9.96. The van der Waals surface area contributed by atoms with Crippen LogP contribution in [-0.2, 0) is 22.3 Å². The van der Waals surface area contributed by atoms with Crippen molar-refractivity contribution in [2.45, 2.75) is 12.3 Å². The first kappa shape index (κ1) is 15.5. The summed E-state index contributed by atoms with van der Waals surface area (Å²) in [6.07, 6.45) is 0. The number of rotatable bonds is 6. The van der Waals surface area contributed by atoms with E-state index in [9.17, 15) is 8.42 Å². The van der Waals surface area contributed by atoms with Gasteiger partial charge in [-0.3, -0.25) is 0 Å². The molecule has 0 bridgehead atoms. The number of benzene rings is 2. The maximum absolute atomic E-state index is 12.0. The zero-order chi connectivity index (χ0) is 15.3. The molecule has 0 aromatic heterocycles. The van der Waals surface area contributed by atoms with Crippen molar-refractivity contribution in [2.24, 2.45) is 0 Å². The molecule has 2 rings (SSSR count). The number of nitrogens with zero attached hydrogens (tertiary/aromatic N) is 1. The summed E-state index contributed by atoms with van der Waals surface area (Å²) in [5, 5.41) is 0. The van der Waals surface area contributed by atoms with Crippen LogP contribution in [0.5, 0.6) is 0 Å². The molecule has 21 heavy (non-hydrogen) atoms. The lowest BCUT2D eigenvalue weighted by Crippen LogP contribution is -2.24. The molecule has 0 spiro atoms. The van der Waals surface area contributed by atoms with E-state index in [1.54, 1.807) is 0 Å². The third-order valence-corrected chi connectivity index (χ3v) is 4.45. The van der Waals surface area contributed by atoms with Crippen molar-refractivity contribution in [3.63, 3.8) is 0 Å². The van der Waals surface area contributed by atoms with Crippen LogP contribution in [0.4, 0.5) is 5.69 Å². The molecular weight excluding hydrogens is 284 g/mol. The predicted octanol–water partition coefficient (Wildman–Crippen LogP) is 2.37. The van der Waals surface area contributed by atoms with Crippen molar-refractivity contribution in [2.75, 3.05) is 19.0 Å². The number of hydrogen-bond donors (Lipinski definition) is 1. The molecule has 0 aliphatic rings. The molecule has 0 heterocycles. The van der Waals surface area contributed by atoms with Gasteiger partial charge in [-0.2, -0.15) is 0 Å². The van der Waals surface area contributed by atoms with E-state index in [1.165, 1.54) is 0 Å². The Morgan fingerprint density at radius 1 is 0.905 bits per heavy atom. The standard InChI is InChI=1S/C16H20N2O2S/c1-18(2)16-10-8-14(9-11-16)12-17-21(19,20)13-15-6-4-3-5-7-15/h3-11,17H,12-13H2,1-2H3. The summed E-state index contributed by atoms with van der Waals surface area (Å²) >= 11 is 0. The van der Waals surface area contributed by atoms with E-state index in [4.69, 9.17) is 0 Å². The molecule has 112 valence electrons. The fraction of sp³-hybridized carbons (Fsp3) is 0.250. The molecular formula is C16H20N2O2S. The Kier molecular flexibility index (Phi) is 4.98. The lowest BCUT2D eigenvalue weighted by molar-refractivity contribution is 0.580. The van der Waals surface area contributed by atoms with Crippen LogP contribution >= 0.6 is 0 Å².